The number of nitrogens with one attached hydrogen (secondary N) is 1. The van der Waals surface area contributed by atoms with Crippen molar-refractivity contribution in [2.24, 2.45) is 0 Å². The van der Waals surface area contributed by atoms with Crippen molar-refractivity contribution in [3.63, 3.8) is 0 Å². The number of fused-ring (bicyclic) bond motifs is 3. The van der Waals surface area contributed by atoms with Crippen LogP contribution in [0.25, 0.3) is 11.1 Å². The van der Waals surface area contributed by atoms with Crippen LogP contribution in [0.2, 0.25) is 0 Å². The minimum absolute atomic E-state index is 0.0315. The molecule has 24 heavy (non-hydrogen) atoms. The summed E-state index contributed by atoms with van der Waals surface area (Å²) >= 11 is 1.54. The lowest BCUT2D eigenvalue weighted by atomic mass is 10.0. The molecule has 0 spiro atoms. The summed E-state index contributed by atoms with van der Waals surface area (Å²) in [6.45, 7) is 0.272. The zero-order valence-electron chi connectivity index (χ0n) is 13.3. The lowest BCUT2D eigenvalue weighted by Gasteiger charge is -2.31. The normalized spacial score (nSPS) is 16.6. The summed E-state index contributed by atoms with van der Waals surface area (Å²) in [6.07, 6.45) is 4.53. The average Bonchev–Trinajstić information content (AvgIpc) is 3.07. The molecule has 0 unspecified atom stereocenters. The van der Waals surface area contributed by atoms with Crippen LogP contribution >= 0.6 is 11.9 Å². The summed E-state index contributed by atoms with van der Waals surface area (Å²) < 4.78 is 15.7. The maximum atomic E-state index is 13.7. The van der Waals surface area contributed by atoms with E-state index in [1.54, 1.807) is 24.1 Å². The Morgan fingerprint density at radius 1 is 1.17 bits per heavy atom. The minimum atomic E-state index is -0.259. The molecule has 124 valence electrons. The van der Waals surface area contributed by atoms with Gasteiger partial charge in [0.1, 0.15) is 12.4 Å². The topological polar surface area (TPSA) is 32.3 Å². The van der Waals surface area contributed by atoms with Gasteiger partial charge in [-0.1, -0.05) is 31.0 Å². The van der Waals surface area contributed by atoms with E-state index in [1.807, 2.05) is 28.6 Å². The van der Waals surface area contributed by atoms with Crippen molar-refractivity contribution >= 4 is 23.5 Å². The van der Waals surface area contributed by atoms with Crippen molar-refractivity contribution in [3.05, 3.63) is 48.3 Å². The highest BCUT2D eigenvalue weighted by atomic mass is 32.2. The van der Waals surface area contributed by atoms with E-state index in [9.17, 15) is 9.18 Å². The molecule has 3 nitrogen and oxygen atoms in total. The van der Waals surface area contributed by atoms with E-state index in [2.05, 4.69) is 5.32 Å². The molecule has 2 aromatic carbocycles. The molecule has 2 aliphatic rings. The monoisotopic (exact) mass is 342 g/mol. The molecule has 4 rings (SSSR count). The first-order chi connectivity index (χ1) is 11.7. The van der Waals surface area contributed by atoms with Gasteiger partial charge in [0.05, 0.1) is 5.69 Å². The number of halogens is 1. The van der Waals surface area contributed by atoms with Gasteiger partial charge in [-0.2, -0.15) is 0 Å². The molecular weight excluding hydrogens is 323 g/mol. The largest absolute Gasteiger partial charge is 0.352 e. The molecule has 2 aromatic rings. The minimum Gasteiger partial charge on any atom is -0.352 e. The highest BCUT2D eigenvalue weighted by molar-refractivity contribution is 8.01. The number of carbonyl (C=O) groups excluding carboxylic acids is 1. The van der Waals surface area contributed by atoms with Gasteiger partial charge in [-0.15, -0.1) is 0 Å². The van der Waals surface area contributed by atoms with Crippen molar-refractivity contribution in [1.29, 1.82) is 0 Å². The van der Waals surface area contributed by atoms with Crippen LogP contribution in [0.1, 0.15) is 25.7 Å². The van der Waals surface area contributed by atoms with Crippen molar-refractivity contribution in [1.82, 2.24) is 5.32 Å². The van der Waals surface area contributed by atoms with Crippen molar-refractivity contribution < 1.29 is 9.18 Å². The zero-order valence-corrected chi connectivity index (χ0v) is 14.1. The number of carbonyl (C=O) groups is 1. The molecule has 1 aliphatic heterocycles. The first-order valence-electron chi connectivity index (χ1n) is 8.34. The third kappa shape index (κ3) is 3.00. The number of hydrogen-bond acceptors (Lipinski definition) is 3. The first-order valence-corrected chi connectivity index (χ1v) is 9.12. The Morgan fingerprint density at radius 3 is 2.79 bits per heavy atom. The molecule has 5 heteroatoms. The van der Waals surface area contributed by atoms with Crippen LogP contribution in [0.15, 0.2) is 47.4 Å². The second-order valence-electron chi connectivity index (χ2n) is 6.33. The number of anilines is 1. The average molecular weight is 342 g/mol. The van der Waals surface area contributed by atoms with Gasteiger partial charge in [0.2, 0.25) is 5.91 Å². The summed E-state index contributed by atoms with van der Waals surface area (Å²) in [7, 11) is 0. The van der Waals surface area contributed by atoms with Crippen LogP contribution < -0.4 is 9.62 Å². The molecule has 1 heterocycles. The Balaban J connectivity index is 1.60. The Labute approximate surface area is 145 Å². The van der Waals surface area contributed by atoms with Crippen LogP contribution in [0.5, 0.6) is 0 Å². The van der Waals surface area contributed by atoms with Crippen molar-refractivity contribution in [2.45, 2.75) is 36.6 Å². The maximum absolute atomic E-state index is 13.7. The lowest BCUT2D eigenvalue weighted by molar-refractivity contribution is -0.120. The Bertz CT molecular complexity index is 774. The SMILES string of the molecule is O=C(CN1Sc2ccccc2-c2cc(F)ccc21)NC1CCCC1. The predicted octanol–water partition coefficient (Wildman–Crippen LogP) is 4.38. The summed E-state index contributed by atoms with van der Waals surface area (Å²) in [5, 5.41) is 3.12. The number of hydrogen-bond donors (Lipinski definition) is 1. The Hall–Kier alpha value is -2.01. The van der Waals surface area contributed by atoms with Gasteiger partial charge in [-0.3, -0.25) is 4.79 Å². The van der Waals surface area contributed by atoms with E-state index in [0.29, 0.717) is 6.04 Å². The molecule has 0 atom stereocenters. The molecule has 1 saturated carbocycles. The summed E-state index contributed by atoms with van der Waals surface area (Å²) in [5.41, 5.74) is 2.75. The molecule has 1 aliphatic carbocycles. The molecule has 0 aromatic heterocycles. The van der Waals surface area contributed by atoms with Gasteiger partial charge in [0.15, 0.2) is 0 Å². The fraction of sp³-hybridized carbons (Fsp3) is 0.316. The van der Waals surface area contributed by atoms with E-state index in [4.69, 9.17) is 0 Å². The molecule has 1 N–H and O–H groups in total. The summed E-state index contributed by atoms with van der Waals surface area (Å²) in [6, 6.07) is 13.0. The van der Waals surface area contributed by atoms with Gasteiger partial charge < -0.3 is 9.62 Å². The second-order valence-corrected chi connectivity index (χ2v) is 7.40. The van der Waals surface area contributed by atoms with Gasteiger partial charge in [-0.25, -0.2) is 4.39 Å². The molecule has 1 fully saturated rings. The van der Waals surface area contributed by atoms with E-state index in [0.717, 1.165) is 34.6 Å². The highest BCUT2D eigenvalue weighted by Crippen LogP contribution is 2.46. The predicted molar refractivity (Wildman–Crippen MR) is 95.4 cm³/mol. The summed E-state index contributed by atoms with van der Waals surface area (Å²) in [4.78, 5) is 13.5. The van der Waals surface area contributed by atoms with Gasteiger partial charge >= 0.3 is 0 Å². The van der Waals surface area contributed by atoms with Gasteiger partial charge in [-0.05, 0) is 54.6 Å². The fourth-order valence-corrected chi connectivity index (χ4v) is 4.56. The quantitative estimate of drug-likeness (QED) is 0.840. The summed E-state index contributed by atoms with van der Waals surface area (Å²) in [5.74, 6) is -0.227. The number of nitrogens with zero attached hydrogens (tertiary/aromatic N) is 1. The van der Waals surface area contributed by atoms with E-state index < -0.39 is 0 Å². The van der Waals surface area contributed by atoms with Crippen LogP contribution in [0.3, 0.4) is 0 Å². The van der Waals surface area contributed by atoms with Crippen LogP contribution in [0, 0.1) is 5.82 Å². The molecule has 0 saturated heterocycles. The smallest absolute Gasteiger partial charge is 0.240 e. The van der Waals surface area contributed by atoms with Gasteiger partial charge in [0.25, 0.3) is 0 Å². The van der Waals surface area contributed by atoms with Crippen LogP contribution in [-0.2, 0) is 4.79 Å². The van der Waals surface area contributed by atoms with Crippen molar-refractivity contribution in [3.8, 4) is 11.1 Å². The lowest BCUT2D eigenvalue weighted by Crippen LogP contribution is -2.39. The Kier molecular flexibility index (Phi) is 4.19. The third-order valence-electron chi connectivity index (χ3n) is 4.62. The second kappa shape index (κ2) is 6.48. The Morgan fingerprint density at radius 2 is 1.96 bits per heavy atom. The maximum Gasteiger partial charge on any atom is 0.240 e. The first kappa shape index (κ1) is 15.5. The molecule has 1 amide bonds. The molecule has 0 radical (unpaired) electrons. The standard InChI is InChI=1S/C19H19FN2OS/c20-13-9-10-17-16(11-13)15-7-3-4-8-18(15)24-22(17)12-19(23)21-14-5-1-2-6-14/h3-4,7-11,14H,1-2,5-6,12H2,(H,21,23). The van der Waals surface area contributed by atoms with Crippen molar-refractivity contribution in [2.75, 3.05) is 10.8 Å². The third-order valence-corrected chi connectivity index (χ3v) is 5.72. The number of amides is 1. The van der Waals surface area contributed by atoms with Crippen LogP contribution in [0.4, 0.5) is 10.1 Å². The van der Waals surface area contributed by atoms with E-state index in [1.165, 1.54) is 18.9 Å². The molecular formula is C19H19FN2OS. The van der Waals surface area contributed by atoms with E-state index in [-0.39, 0.29) is 18.3 Å². The van der Waals surface area contributed by atoms with E-state index >= 15 is 0 Å². The van der Waals surface area contributed by atoms with Gasteiger partial charge in [0, 0.05) is 16.5 Å². The number of rotatable bonds is 3. The number of benzene rings is 2. The zero-order chi connectivity index (χ0) is 16.5. The fourth-order valence-electron chi connectivity index (χ4n) is 3.47. The van der Waals surface area contributed by atoms with Crippen LogP contribution in [-0.4, -0.2) is 18.5 Å². The molecule has 0 bridgehead atoms. The highest BCUT2D eigenvalue weighted by Gasteiger charge is 2.26.